The quantitative estimate of drug-likeness (QED) is 0.861. The van der Waals surface area contributed by atoms with Crippen LogP contribution in [0.5, 0.6) is 5.88 Å². The van der Waals surface area contributed by atoms with Crippen molar-refractivity contribution >= 4 is 11.9 Å². The highest BCUT2D eigenvalue weighted by Gasteiger charge is 2.23. The number of anilines is 1. The van der Waals surface area contributed by atoms with Crippen LogP contribution in [0.4, 0.5) is 14.7 Å². The lowest BCUT2D eigenvalue weighted by molar-refractivity contribution is -0.122. The summed E-state index contributed by atoms with van der Waals surface area (Å²) < 4.78 is 29.1. The van der Waals surface area contributed by atoms with Gasteiger partial charge >= 0.3 is 0 Å². The van der Waals surface area contributed by atoms with Gasteiger partial charge in [0.15, 0.2) is 0 Å². The van der Waals surface area contributed by atoms with Gasteiger partial charge in [-0.05, 0) is 18.8 Å². The molecule has 1 N–H and O–H groups in total. The van der Waals surface area contributed by atoms with Crippen LogP contribution in [0.25, 0.3) is 0 Å². The van der Waals surface area contributed by atoms with E-state index in [0.29, 0.717) is 18.2 Å². The summed E-state index contributed by atoms with van der Waals surface area (Å²) in [7, 11) is 1.55. The molecule has 1 aromatic heterocycles. The minimum atomic E-state index is -2.50. The third-order valence-electron chi connectivity index (χ3n) is 3.65. The molecule has 1 fully saturated rings. The molecular weight excluding hydrogens is 294 g/mol. The average Bonchev–Trinajstić information content (AvgIpc) is 2.54. The van der Waals surface area contributed by atoms with Crippen LogP contribution < -0.4 is 15.0 Å². The van der Waals surface area contributed by atoms with Gasteiger partial charge in [-0.3, -0.25) is 4.79 Å². The number of hydrogen-bond acceptors (Lipinski definition) is 5. The van der Waals surface area contributed by atoms with Crippen molar-refractivity contribution in [3.05, 3.63) is 12.3 Å². The number of aromatic nitrogens is 2. The fraction of sp³-hybridized carbons (Fsp3) is 0.643. The minimum absolute atomic E-state index is 0.208. The molecule has 2 rings (SSSR count). The molecule has 0 radical (unpaired) electrons. The summed E-state index contributed by atoms with van der Waals surface area (Å²) in [5.74, 6) is 1.02. The maximum absolute atomic E-state index is 12.0. The second-order valence-electron chi connectivity index (χ2n) is 5.23. The first kappa shape index (κ1) is 16.4. The van der Waals surface area contributed by atoms with E-state index in [9.17, 15) is 13.6 Å². The predicted octanol–water partition coefficient (Wildman–Crippen LogP) is 1.47. The third kappa shape index (κ3) is 4.78. The van der Waals surface area contributed by atoms with E-state index in [4.69, 9.17) is 4.74 Å². The van der Waals surface area contributed by atoms with E-state index < -0.39 is 13.0 Å². The van der Waals surface area contributed by atoms with E-state index in [0.717, 1.165) is 25.9 Å². The van der Waals surface area contributed by atoms with Crippen molar-refractivity contribution in [3.63, 3.8) is 0 Å². The highest BCUT2D eigenvalue weighted by Crippen LogP contribution is 2.23. The summed E-state index contributed by atoms with van der Waals surface area (Å²) >= 11 is 0. The Morgan fingerprint density at radius 2 is 2.23 bits per heavy atom. The van der Waals surface area contributed by atoms with Crippen molar-refractivity contribution in [1.82, 2.24) is 15.3 Å². The van der Waals surface area contributed by atoms with E-state index in [2.05, 4.69) is 15.3 Å². The molecule has 122 valence electrons. The van der Waals surface area contributed by atoms with Crippen LogP contribution in [0.15, 0.2) is 12.3 Å². The Morgan fingerprint density at radius 1 is 1.50 bits per heavy atom. The van der Waals surface area contributed by atoms with Crippen LogP contribution in [0, 0.1) is 5.92 Å². The molecule has 0 unspecified atom stereocenters. The van der Waals surface area contributed by atoms with Gasteiger partial charge in [0.25, 0.3) is 6.43 Å². The summed E-state index contributed by atoms with van der Waals surface area (Å²) in [6.45, 7) is 0.898. The SMILES string of the molecule is COc1ccnc(N2CCC(CC(=O)NCC(F)F)CC2)n1. The summed E-state index contributed by atoms with van der Waals surface area (Å²) in [5, 5.41) is 2.24. The van der Waals surface area contributed by atoms with Crippen LogP contribution in [0.1, 0.15) is 19.3 Å². The maximum Gasteiger partial charge on any atom is 0.255 e. The average molecular weight is 314 g/mol. The molecular formula is C14H20F2N4O2. The van der Waals surface area contributed by atoms with Gasteiger partial charge < -0.3 is 15.0 Å². The van der Waals surface area contributed by atoms with Gasteiger partial charge in [0, 0.05) is 31.8 Å². The van der Waals surface area contributed by atoms with Crippen LogP contribution in [0.2, 0.25) is 0 Å². The number of carbonyl (C=O) groups is 1. The lowest BCUT2D eigenvalue weighted by Gasteiger charge is -2.31. The number of hydrogen-bond donors (Lipinski definition) is 1. The van der Waals surface area contributed by atoms with E-state index in [1.54, 1.807) is 19.4 Å². The molecule has 0 spiro atoms. The Balaban J connectivity index is 1.79. The number of amides is 1. The van der Waals surface area contributed by atoms with Gasteiger partial charge in [-0.25, -0.2) is 13.8 Å². The second kappa shape index (κ2) is 7.86. The normalized spacial score (nSPS) is 15.9. The largest absolute Gasteiger partial charge is 0.481 e. The summed E-state index contributed by atoms with van der Waals surface area (Å²) in [6.07, 6.45) is 1.05. The predicted molar refractivity (Wildman–Crippen MR) is 77.2 cm³/mol. The van der Waals surface area contributed by atoms with E-state index in [1.807, 2.05) is 4.90 Å². The lowest BCUT2D eigenvalue weighted by Crippen LogP contribution is -2.37. The smallest absolute Gasteiger partial charge is 0.255 e. The standard InChI is InChI=1S/C14H20F2N4O2/c1-22-13-2-5-17-14(19-13)20-6-3-10(4-7-20)8-12(21)18-9-11(15)16/h2,5,10-11H,3-4,6-9H2,1H3,(H,18,21). The number of halogens is 2. The first-order chi connectivity index (χ1) is 10.6. The minimum Gasteiger partial charge on any atom is -0.481 e. The highest BCUT2D eigenvalue weighted by molar-refractivity contribution is 5.76. The summed E-state index contributed by atoms with van der Waals surface area (Å²) in [4.78, 5) is 22.1. The van der Waals surface area contributed by atoms with Crippen LogP contribution in [-0.2, 0) is 4.79 Å². The zero-order chi connectivity index (χ0) is 15.9. The first-order valence-electron chi connectivity index (χ1n) is 7.25. The number of nitrogens with one attached hydrogen (secondary N) is 1. The van der Waals surface area contributed by atoms with Gasteiger partial charge in [0.05, 0.1) is 13.7 Å². The van der Waals surface area contributed by atoms with Crippen LogP contribution >= 0.6 is 0 Å². The van der Waals surface area contributed by atoms with Gasteiger partial charge in [-0.15, -0.1) is 0 Å². The molecule has 0 aliphatic carbocycles. The Morgan fingerprint density at radius 3 is 2.86 bits per heavy atom. The van der Waals surface area contributed by atoms with Crippen molar-refractivity contribution in [2.45, 2.75) is 25.7 Å². The monoisotopic (exact) mass is 314 g/mol. The molecule has 22 heavy (non-hydrogen) atoms. The van der Waals surface area contributed by atoms with Gasteiger partial charge in [0.2, 0.25) is 17.7 Å². The Hall–Kier alpha value is -1.99. The summed E-state index contributed by atoms with van der Waals surface area (Å²) in [5.41, 5.74) is 0. The number of alkyl halides is 2. The number of methoxy groups -OCH3 is 1. The zero-order valence-corrected chi connectivity index (χ0v) is 12.5. The van der Waals surface area contributed by atoms with Crippen molar-refractivity contribution < 1.29 is 18.3 Å². The molecule has 0 bridgehead atoms. The van der Waals surface area contributed by atoms with Gasteiger partial charge in [0.1, 0.15) is 0 Å². The molecule has 1 aliphatic heterocycles. The highest BCUT2D eigenvalue weighted by atomic mass is 19.3. The number of ether oxygens (including phenoxy) is 1. The van der Waals surface area contributed by atoms with E-state index >= 15 is 0 Å². The van der Waals surface area contributed by atoms with Crippen LogP contribution in [0.3, 0.4) is 0 Å². The summed E-state index contributed by atoms with van der Waals surface area (Å²) in [6, 6.07) is 1.68. The molecule has 6 nitrogen and oxygen atoms in total. The van der Waals surface area contributed by atoms with Crippen LogP contribution in [-0.4, -0.2) is 49.0 Å². The number of carbonyl (C=O) groups excluding carboxylic acids is 1. The molecule has 0 atom stereocenters. The first-order valence-corrected chi connectivity index (χ1v) is 7.25. The van der Waals surface area contributed by atoms with E-state index in [-0.39, 0.29) is 11.8 Å². The third-order valence-corrected chi connectivity index (χ3v) is 3.65. The molecule has 1 amide bonds. The molecule has 1 saturated heterocycles. The van der Waals surface area contributed by atoms with Crippen molar-refractivity contribution in [2.24, 2.45) is 5.92 Å². The molecule has 0 saturated carbocycles. The van der Waals surface area contributed by atoms with Crippen molar-refractivity contribution in [3.8, 4) is 5.88 Å². The Bertz CT molecular complexity index is 493. The van der Waals surface area contributed by atoms with Crippen molar-refractivity contribution in [2.75, 3.05) is 31.6 Å². The molecule has 1 aliphatic rings. The number of nitrogens with zero attached hydrogens (tertiary/aromatic N) is 3. The maximum atomic E-state index is 12.0. The molecule has 0 aromatic carbocycles. The second-order valence-corrected chi connectivity index (χ2v) is 5.23. The lowest BCUT2D eigenvalue weighted by atomic mass is 9.93. The van der Waals surface area contributed by atoms with Gasteiger partial charge in [-0.2, -0.15) is 4.98 Å². The Kier molecular flexibility index (Phi) is 5.85. The fourth-order valence-corrected chi connectivity index (χ4v) is 2.46. The zero-order valence-electron chi connectivity index (χ0n) is 12.5. The number of piperidine rings is 1. The topological polar surface area (TPSA) is 67.3 Å². The number of rotatable bonds is 6. The van der Waals surface area contributed by atoms with E-state index in [1.165, 1.54) is 0 Å². The molecule has 1 aromatic rings. The van der Waals surface area contributed by atoms with Crippen molar-refractivity contribution in [1.29, 1.82) is 0 Å². The Labute approximate surface area is 127 Å². The van der Waals surface area contributed by atoms with Gasteiger partial charge in [-0.1, -0.05) is 0 Å². The molecule has 8 heteroatoms. The molecule has 2 heterocycles. The fourth-order valence-electron chi connectivity index (χ4n) is 2.46.